The van der Waals surface area contributed by atoms with Gasteiger partial charge >= 0.3 is 0 Å². The van der Waals surface area contributed by atoms with Gasteiger partial charge in [0.25, 0.3) is 5.91 Å². The van der Waals surface area contributed by atoms with E-state index in [0.717, 1.165) is 5.56 Å². The Kier molecular flexibility index (Phi) is 6.09. The molecule has 1 aromatic heterocycles. The van der Waals surface area contributed by atoms with Gasteiger partial charge in [-0.15, -0.1) is 0 Å². The van der Waals surface area contributed by atoms with E-state index in [9.17, 15) is 18.3 Å². The second-order valence-corrected chi connectivity index (χ2v) is 9.20. The lowest BCUT2D eigenvalue weighted by atomic mass is 10.1. The van der Waals surface area contributed by atoms with Crippen LogP contribution >= 0.6 is 0 Å². The van der Waals surface area contributed by atoms with Crippen LogP contribution in [0.25, 0.3) is 6.08 Å². The summed E-state index contributed by atoms with van der Waals surface area (Å²) in [4.78, 5) is 20.6. The Morgan fingerprint density at radius 2 is 1.75 bits per heavy atom. The molecule has 8 nitrogen and oxygen atoms in total. The number of nitrogens with zero attached hydrogens (tertiary/aromatic N) is 4. The summed E-state index contributed by atoms with van der Waals surface area (Å²) in [6, 6.07) is 14.2. The van der Waals surface area contributed by atoms with Crippen LogP contribution < -0.4 is 0 Å². The minimum atomic E-state index is -3.54. The molecule has 1 atom stereocenters. The standard InChI is InChI=1S/C23H20N4O4S/c28-20-8-6-19(7-9-20)23(29)27-15-18(14-26-27)3-2-17-4-10-21(11-5-17)32(30,31)16-22-24-12-1-13-25-22/h1-14,18,28H,15-16H2/b3-2+. The summed E-state index contributed by atoms with van der Waals surface area (Å²) in [6.45, 7) is 0.403. The van der Waals surface area contributed by atoms with Gasteiger partial charge in [0.2, 0.25) is 0 Å². The Bertz CT molecular complexity index is 1260. The largest absolute Gasteiger partial charge is 0.508 e. The van der Waals surface area contributed by atoms with Crippen molar-refractivity contribution in [3.8, 4) is 5.75 Å². The second-order valence-electron chi connectivity index (χ2n) is 7.21. The van der Waals surface area contributed by atoms with Gasteiger partial charge in [-0.2, -0.15) is 5.10 Å². The predicted octanol–water partition coefficient (Wildman–Crippen LogP) is 2.93. The van der Waals surface area contributed by atoms with Crippen LogP contribution in [0.4, 0.5) is 0 Å². The first-order valence-corrected chi connectivity index (χ1v) is 11.5. The van der Waals surface area contributed by atoms with Crippen molar-refractivity contribution in [2.45, 2.75) is 10.6 Å². The number of aromatic hydroxyl groups is 1. The zero-order chi connectivity index (χ0) is 22.6. The maximum atomic E-state index is 12.5. The monoisotopic (exact) mass is 448 g/mol. The molecular formula is C23H20N4O4S. The highest BCUT2D eigenvalue weighted by Gasteiger charge is 2.22. The fourth-order valence-electron chi connectivity index (χ4n) is 3.14. The summed E-state index contributed by atoms with van der Waals surface area (Å²) >= 11 is 0. The number of sulfone groups is 1. The molecule has 1 amide bonds. The molecule has 9 heteroatoms. The minimum absolute atomic E-state index is 0.0605. The van der Waals surface area contributed by atoms with Gasteiger partial charge in [-0.05, 0) is 48.0 Å². The average Bonchev–Trinajstić information content (AvgIpc) is 3.27. The lowest BCUT2D eigenvalue weighted by Crippen LogP contribution is -2.25. The van der Waals surface area contributed by atoms with Gasteiger partial charge in [-0.1, -0.05) is 24.3 Å². The summed E-state index contributed by atoms with van der Waals surface area (Å²) in [5.74, 6) is -0.210. The molecule has 0 aliphatic carbocycles. The highest BCUT2D eigenvalue weighted by atomic mass is 32.2. The third-order valence-electron chi connectivity index (χ3n) is 4.84. The first kappa shape index (κ1) is 21.4. The first-order valence-electron chi connectivity index (χ1n) is 9.83. The van der Waals surface area contributed by atoms with Crippen LogP contribution in [-0.4, -0.2) is 47.2 Å². The number of rotatable bonds is 6. The molecule has 0 fully saturated rings. The van der Waals surface area contributed by atoms with Crippen molar-refractivity contribution < 1.29 is 18.3 Å². The SMILES string of the molecule is O=C(c1ccc(O)cc1)N1CC(/C=C/c2ccc(S(=O)(=O)Cc3ncccn3)cc2)C=N1. The lowest BCUT2D eigenvalue weighted by molar-refractivity contribution is 0.0772. The van der Waals surface area contributed by atoms with E-state index in [4.69, 9.17) is 0 Å². The van der Waals surface area contributed by atoms with Crippen LogP contribution in [-0.2, 0) is 15.6 Å². The smallest absolute Gasteiger partial charge is 0.273 e. The zero-order valence-electron chi connectivity index (χ0n) is 16.9. The second kappa shape index (κ2) is 9.11. The number of hydrazone groups is 1. The number of aromatic nitrogens is 2. The number of carbonyl (C=O) groups is 1. The van der Waals surface area contributed by atoms with Crippen molar-refractivity contribution in [2.24, 2.45) is 11.0 Å². The molecule has 2 aromatic carbocycles. The van der Waals surface area contributed by atoms with Crippen molar-refractivity contribution in [3.63, 3.8) is 0 Å². The van der Waals surface area contributed by atoms with Crippen molar-refractivity contribution in [3.05, 3.63) is 90.0 Å². The van der Waals surface area contributed by atoms with Gasteiger partial charge in [0.05, 0.1) is 11.4 Å². The highest BCUT2D eigenvalue weighted by molar-refractivity contribution is 7.90. The van der Waals surface area contributed by atoms with Crippen LogP contribution in [0.1, 0.15) is 21.7 Å². The highest BCUT2D eigenvalue weighted by Crippen LogP contribution is 2.19. The molecule has 1 aliphatic heterocycles. The van der Waals surface area contributed by atoms with Crippen molar-refractivity contribution in [2.75, 3.05) is 6.54 Å². The van der Waals surface area contributed by atoms with E-state index in [1.807, 2.05) is 12.2 Å². The number of hydrogen-bond acceptors (Lipinski definition) is 7. The molecule has 0 saturated heterocycles. The van der Waals surface area contributed by atoms with E-state index in [2.05, 4.69) is 15.1 Å². The normalized spacial score (nSPS) is 16.0. The van der Waals surface area contributed by atoms with Gasteiger partial charge in [0.1, 0.15) is 17.3 Å². The Hall–Kier alpha value is -3.85. The van der Waals surface area contributed by atoms with Gasteiger partial charge in [0, 0.05) is 30.1 Å². The number of phenolic OH excluding ortho intramolecular Hbond substituents is 1. The van der Waals surface area contributed by atoms with Crippen LogP contribution in [0, 0.1) is 5.92 Å². The molecule has 3 aromatic rings. The minimum Gasteiger partial charge on any atom is -0.508 e. The van der Waals surface area contributed by atoms with Crippen molar-refractivity contribution >= 4 is 28.0 Å². The third-order valence-corrected chi connectivity index (χ3v) is 6.47. The molecule has 1 aliphatic rings. The van der Waals surface area contributed by atoms with Gasteiger partial charge < -0.3 is 5.11 Å². The van der Waals surface area contributed by atoms with E-state index in [-0.39, 0.29) is 34.0 Å². The van der Waals surface area contributed by atoms with Crippen molar-refractivity contribution in [1.29, 1.82) is 0 Å². The Balaban J connectivity index is 1.37. The fourth-order valence-corrected chi connectivity index (χ4v) is 4.34. The molecule has 0 radical (unpaired) electrons. The number of amides is 1. The molecule has 2 heterocycles. The van der Waals surface area contributed by atoms with Gasteiger partial charge in [0.15, 0.2) is 9.84 Å². The molecule has 0 spiro atoms. The third kappa shape index (κ3) is 5.06. The Labute approximate surface area is 185 Å². The summed E-state index contributed by atoms with van der Waals surface area (Å²) in [7, 11) is -3.54. The van der Waals surface area contributed by atoms with E-state index in [1.165, 1.54) is 29.5 Å². The fraction of sp³-hybridized carbons (Fsp3) is 0.130. The average molecular weight is 449 g/mol. The number of benzene rings is 2. The summed E-state index contributed by atoms with van der Waals surface area (Å²) < 4.78 is 25.1. The number of phenols is 1. The summed E-state index contributed by atoms with van der Waals surface area (Å²) in [5.41, 5.74) is 1.28. The number of carbonyl (C=O) groups excluding carboxylic acids is 1. The summed E-state index contributed by atoms with van der Waals surface area (Å²) in [6.07, 6.45) is 8.49. The van der Waals surface area contributed by atoms with Crippen molar-refractivity contribution in [1.82, 2.24) is 15.0 Å². The van der Waals surface area contributed by atoms with Crippen LogP contribution in [0.5, 0.6) is 5.75 Å². The van der Waals surface area contributed by atoms with Gasteiger partial charge in [-0.3, -0.25) is 4.79 Å². The van der Waals surface area contributed by atoms with E-state index < -0.39 is 9.84 Å². The zero-order valence-corrected chi connectivity index (χ0v) is 17.8. The van der Waals surface area contributed by atoms with Gasteiger partial charge in [-0.25, -0.2) is 23.4 Å². The molecule has 162 valence electrons. The molecule has 1 N–H and O–H groups in total. The molecule has 32 heavy (non-hydrogen) atoms. The lowest BCUT2D eigenvalue weighted by Gasteiger charge is -2.13. The van der Waals surface area contributed by atoms with Crippen LogP contribution in [0.3, 0.4) is 0 Å². The maximum absolute atomic E-state index is 12.5. The molecule has 0 saturated carbocycles. The predicted molar refractivity (Wildman–Crippen MR) is 120 cm³/mol. The summed E-state index contributed by atoms with van der Waals surface area (Å²) in [5, 5.41) is 14.9. The quantitative estimate of drug-likeness (QED) is 0.620. The molecular weight excluding hydrogens is 428 g/mol. The van der Waals surface area contributed by atoms with E-state index in [0.29, 0.717) is 12.1 Å². The first-order chi connectivity index (χ1) is 15.4. The topological polar surface area (TPSA) is 113 Å². The van der Waals surface area contributed by atoms with Crippen LogP contribution in [0.15, 0.2) is 83.1 Å². The Morgan fingerprint density at radius 1 is 1.06 bits per heavy atom. The van der Waals surface area contributed by atoms with E-state index in [1.54, 1.807) is 48.7 Å². The molecule has 4 rings (SSSR count). The molecule has 0 bridgehead atoms. The van der Waals surface area contributed by atoms with Crippen LogP contribution in [0.2, 0.25) is 0 Å². The van der Waals surface area contributed by atoms with E-state index >= 15 is 0 Å². The molecule has 1 unspecified atom stereocenters. The number of hydrogen-bond donors (Lipinski definition) is 1. The maximum Gasteiger partial charge on any atom is 0.273 e. The Morgan fingerprint density at radius 3 is 2.44 bits per heavy atom.